The Balaban J connectivity index is 1.74. The number of amides is 2. The van der Waals surface area contributed by atoms with E-state index in [1.807, 2.05) is 0 Å². The van der Waals surface area contributed by atoms with Crippen LogP contribution >= 0.6 is 0 Å². The number of carbonyl (C=O) groups excluding carboxylic acids is 2. The zero-order valence-electron chi connectivity index (χ0n) is 10.2. The number of carbonyl (C=O) groups is 2. The van der Waals surface area contributed by atoms with Gasteiger partial charge >= 0.3 is 0 Å². The molecule has 0 aliphatic carbocycles. The van der Waals surface area contributed by atoms with E-state index in [-0.39, 0.29) is 24.4 Å². The minimum Gasteiger partial charge on any atom is -0.352 e. The fraction of sp³-hybridized carbons (Fsp3) is 0.700. The molecule has 0 radical (unpaired) electrons. The molecule has 1 aromatic rings. The minimum absolute atomic E-state index is 0.0912. The monoisotopic (exact) mass is 252 g/mol. The molecule has 0 spiro atoms. The Morgan fingerprint density at radius 1 is 1.39 bits per heavy atom. The highest BCUT2D eigenvalue weighted by atomic mass is 16.2. The van der Waals surface area contributed by atoms with E-state index in [1.165, 1.54) is 11.0 Å². The van der Waals surface area contributed by atoms with Crippen molar-refractivity contribution in [2.24, 2.45) is 0 Å². The van der Waals surface area contributed by atoms with Crippen molar-refractivity contribution in [3.05, 3.63) is 6.33 Å². The van der Waals surface area contributed by atoms with Crippen LogP contribution in [0.3, 0.4) is 0 Å². The normalized spacial score (nSPS) is 16.6. The third kappa shape index (κ3) is 3.25. The molecule has 18 heavy (non-hydrogen) atoms. The number of hydrogen-bond donors (Lipinski definition) is 1. The molecule has 0 atom stereocenters. The van der Waals surface area contributed by atoms with Crippen LogP contribution in [0.25, 0.3) is 0 Å². The van der Waals surface area contributed by atoms with Gasteiger partial charge < -0.3 is 10.2 Å². The van der Waals surface area contributed by atoms with E-state index in [0.717, 1.165) is 12.8 Å². The number of aromatic nitrogens is 4. The first-order chi connectivity index (χ1) is 8.65. The fourth-order valence-electron chi connectivity index (χ4n) is 2.01. The number of nitrogens with one attached hydrogen (secondary N) is 1. The number of nitrogens with zero attached hydrogens (tertiary/aromatic N) is 5. The summed E-state index contributed by atoms with van der Waals surface area (Å²) in [5, 5.41) is 13.5. The summed E-state index contributed by atoms with van der Waals surface area (Å²) in [4.78, 5) is 24.6. The van der Waals surface area contributed by atoms with Crippen LogP contribution in [0.1, 0.15) is 19.8 Å². The van der Waals surface area contributed by atoms with Crippen LogP contribution in [0.15, 0.2) is 6.33 Å². The summed E-state index contributed by atoms with van der Waals surface area (Å²) in [6.45, 7) is 3.09. The Morgan fingerprint density at radius 2 is 2.11 bits per heavy atom. The Bertz CT molecular complexity index is 410. The summed E-state index contributed by atoms with van der Waals surface area (Å²) in [5.74, 6) is -0.0166. The van der Waals surface area contributed by atoms with Crippen LogP contribution in [0.2, 0.25) is 0 Å². The van der Waals surface area contributed by atoms with E-state index in [9.17, 15) is 9.59 Å². The lowest BCUT2D eigenvalue weighted by atomic mass is 10.1. The SMILES string of the molecule is CC(=O)N1CCC(NC(=O)Cn2cnnn2)CC1. The average molecular weight is 252 g/mol. The molecule has 1 saturated heterocycles. The molecule has 0 aromatic carbocycles. The van der Waals surface area contributed by atoms with E-state index in [1.54, 1.807) is 11.8 Å². The highest BCUT2D eigenvalue weighted by Gasteiger charge is 2.21. The van der Waals surface area contributed by atoms with Crippen LogP contribution in [-0.4, -0.2) is 56.1 Å². The molecule has 2 rings (SSSR count). The lowest BCUT2D eigenvalue weighted by Gasteiger charge is -2.31. The van der Waals surface area contributed by atoms with E-state index in [0.29, 0.717) is 13.1 Å². The maximum absolute atomic E-state index is 11.7. The number of likely N-dealkylation sites (tertiary alicyclic amines) is 1. The largest absolute Gasteiger partial charge is 0.352 e. The van der Waals surface area contributed by atoms with Gasteiger partial charge in [-0.05, 0) is 23.3 Å². The van der Waals surface area contributed by atoms with Crippen LogP contribution in [0, 0.1) is 0 Å². The molecule has 1 aliphatic rings. The lowest BCUT2D eigenvalue weighted by Crippen LogP contribution is -2.46. The second-order valence-electron chi connectivity index (χ2n) is 4.36. The maximum Gasteiger partial charge on any atom is 0.242 e. The highest BCUT2D eigenvalue weighted by molar-refractivity contribution is 5.76. The number of tetrazole rings is 1. The molecule has 0 unspecified atom stereocenters. The predicted molar refractivity (Wildman–Crippen MR) is 61.2 cm³/mol. The van der Waals surface area contributed by atoms with Crippen molar-refractivity contribution >= 4 is 11.8 Å². The zero-order chi connectivity index (χ0) is 13.0. The second kappa shape index (κ2) is 5.56. The molecule has 8 nitrogen and oxygen atoms in total. The van der Waals surface area contributed by atoms with Crippen LogP contribution in [0.5, 0.6) is 0 Å². The quantitative estimate of drug-likeness (QED) is 0.729. The van der Waals surface area contributed by atoms with Gasteiger partial charge in [-0.25, -0.2) is 4.68 Å². The Labute approximate surface area is 104 Å². The summed E-state index contributed by atoms with van der Waals surface area (Å²) in [5.41, 5.74) is 0. The van der Waals surface area contributed by atoms with Crippen molar-refractivity contribution in [1.82, 2.24) is 30.4 Å². The van der Waals surface area contributed by atoms with Crippen molar-refractivity contribution in [2.45, 2.75) is 32.4 Å². The summed E-state index contributed by atoms with van der Waals surface area (Å²) >= 11 is 0. The van der Waals surface area contributed by atoms with Gasteiger partial charge in [-0.3, -0.25) is 9.59 Å². The van der Waals surface area contributed by atoms with E-state index >= 15 is 0 Å². The smallest absolute Gasteiger partial charge is 0.242 e. The van der Waals surface area contributed by atoms with Crippen molar-refractivity contribution in [3.63, 3.8) is 0 Å². The first-order valence-corrected chi connectivity index (χ1v) is 5.91. The maximum atomic E-state index is 11.7. The first-order valence-electron chi connectivity index (χ1n) is 5.91. The van der Waals surface area contributed by atoms with Gasteiger partial charge in [-0.15, -0.1) is 5.10 Å². The van der Waals surface area contributed by atoms with Crippen molar-refractivity contribution in [1.29, 1.82) is 0 Å². The zero-order valence-corrected chi connectivity index (χ0v) is 10.2. The molecule has 2 amide bonds. The standard InChI is InChI=1S/C10H16N6O2/c1-8(17)15-4-2-9(3-5-15)12-10(18)6-16-7-11-13-14-16/h7,9H,2-6H2,1H3,(H,12,18). The molecule has 0 bridgehead atoms. The molecular weight excluding hydrogens is 236 g/mol. The average Bonchev–Trinajstić information content (AvgIpc) is 2.82. The Hall–Kier alpha value is -1.99. The van der Waals surface area contributed by atoms with Gasteiger partial charge in [0.1, 0.15) is 12.9 Å². The minimum atomic E-state index is -0.108. The summed E-state index contributed by atoms with van der Waals surface area (Å²) in [6, 6.07) is 0.129. The lowest BCUT2D eigenvalue weighted by molar-refractivity contribution is -0.130. The molecular formula is C10H16N6O2. The van der Waals surface area contributed by atoms with Gasteiger partial charge in [0.25, 0.3) is 0 Å². The number of hydrogen-bond acceptors (Lipinski definition) is 5. The summed E-state index contributed by atoms with van der Waals surface area (Å²) in [6.07, 6.45) is 2.99. The van der Waals surface area contributed by atoms with Gasteiger partial charge in [0.15, 0.2) is 0 Å². The molecule has 1 aromatic heterocycles. The van der Waals surface area contributed by atoms with Crippen molar-refractivity contribution in [3.8, 4) is 0 Å². The van der Waals surface area contributed by atoms with E-state index in [4.69, 9.17) is 0 Å². The predicted octanol–water partition coefficient (Wildman–Crippen LogP) is -1.20. The third-order valence-corrected chi connectivity index (χ3v) is 3.00. The number of rotatable bonds is 3. The molecule has 1 fully saturated rings. The first kappa shape index (κ1) is 12.5. The van der Waals surface area contributed by atoms with Gasteiger partial charge in [0, 0.05) is 26.1 Å². The molecule has 8 heteroatoms. The Kier molecular flexibility index (Phi) is 3.85. The van der Waals surface area contributed by atoms with Gasteiger partial charge in [-0.2, -0.15) is 0 Å². The molecule has 98 valence electrons. The van der Waals surface area contributed by atoms with Crippen LogP contribution in [0.4, 0.5) is 0 Å². The molecule has 1 N–H and O–H groups in total. The van der Waals surface area contributed by atoms with Gasteiger partial charge in [0.2, 0.25) is 11.8 Å². The topological polar surface area (TPSA) is 93.0 Å². The van der Waals surface area contributed by atoms with Crippen LogP contribution in [-0.2, 0) is 16.1 Å². The highest BCUT2D eigenvalue weighted by Crippen LogP contribution is 2.10. The van der Waals surface area contributed by atoms with E-state index < -0.39 is 0 Å². The summed E-state index contributed by atoms with van der Waals surface area (Å²) in [7, 11) is 0. The number of piperidine rings is 1. The van der Waals surface area contributed by atoms with Crippen molar-refractivity contribution in [2.75, 3.05) is 13.1 Å². The Morgan fingerprint density at radius 3 is 2.67 bits per heavy atom. The van der Waals surface area contributed by atoms with Crippen LogP contribution < -0.4 is 5.32 Å². The third-order valence-electron chi connectivity index (χ3n) is 3.00. The van der Waals surface area contributed by atoms with Gasteiger partial charge in [-0.1, -0.05) is 0 Å². The second-order valence-corrected chi connectivity index (χ2v) is 4.36. The van der Waals surface area contributed by atoms with Gasteiger partial charge in [0.05, 0.1) is 0 Å². The molecule has 2 heterocycles. The van der Waals surface area contributed by atoms with E-state index in [2.05, 4.69) is 20.8 Å². The molecule has 0 saturated carbocycles. The fourth-order valence-corrected chi connectivity index (χ4v) is 2.01. The summed E-state index contributed by atoms with van der Waals surface area (Å²) < 4.78 is 1.38. The molecule has 1 aliphatic heterocycles. The van der Waals surface area contributed by atoms with Crippen molar-refractivity contribution < 1.29 is 9.59 Å².